The third-order valence-corrected chi connectivity index (χ3v) is 4.25. The summed E-state index contributed by atoms with van der Waals surface area (Å²) in [7, 11) is 1.67. The molecule has 0 spiro atoms. The van der Waals surface area contributed by atoms with Gasteiger partial charge in [0.2, 0.25) is 0 Å². The van der Waals surface area contributed by atoms with Crippen LogP contribution in [0.15, 0.2) is 35.4 Å². The third kappa shape index (κ3) is 3.34. The molecule has 0 radical (unpaired) electrons. The summed E-state index contributed by atoms with van der Waals surface area (Å²) >= 11 is 0. The number of aromatic nitrogens is 5. The number of hydrogen-bond donors (Lipinski definition) is 2. The SMILES string of the molecule is Cc1nn(CCO)c(C)c1CNc1ccc(-n2ncn(C)c2=O)cc1. The number of rotatable bonds is 6. The first-order valence-electron chi connectivity index (χ1n) is 8.10. The molecule has 132 valence electrons. The number of hydrogen-bond acceptors (Lipinski definition) is 5. The molecular weight excluding hydrogens is 320 g/mol. The highest BCUT2D eigenvalue weighted by atomic mass is 16.3. The smallest absolute Gasteiger partial charge is 0.350 e. The topological polar surface area (TPSA) is 89.9 Å². The van der Waals surface area contributed by atoms with Gasteiger partial charge < -0.3 is 10.4 Å². The average Bonchev–Trinajstić information content (AvgIpc) is 3.07. The minimum Gasteiger partial charge on any atom is -0.394 e. The van der Waals surface area contributed by atoms with Gasteiger partial charge in [0.25, 0.3) is 0 Å². The molecular formula is C17H22N6O2. The average molecular weight is 342 g/mol. The van der Waals surface area contributed by atoms with Crippen LogP contribution in [0.2, 0.25) is 0 Å². The normalized spacial score (nSPS) is 11.0. The molecule has 0 amide bonds. The Bertz CT molecular complexity index is 920. The van der Waals surface area contributed by atoms with Crippen molar-refractivity contribution in [3.63, 3.8) is 0 Å². The summed E-state index contributed by atoms with van der Waals surface area (Å²) in [5, 5.41) is 21.0. The molecule has 2 N–H and O–H groups in total. The Kier molecular flexibility index (Phi) is 4.71. The van der Waals surface area contributed by atoms with Crippen molar-refractivity contribution in [3.05, 3.63) is 58.0 Å². The van der Waals surface area contributed by atoms with Crippen LogP contribution in [0.3, 0.4) is 0 Å². The fourth-order valence-corrected chi connectivity index (χ4v) is 2.77. The summed E-state index contributed by atoms with van der Waals surface area (Å²) in [6.45, 7) is 5.19. The van der Waals surface area contributed by atoms with Gasteiger partial charge in [-0.15, -0.1) is 0 Å². The number of benzene rings is 1. The van der Waals surface area contributed by atoms with E-state index in [2.05, 4.69) is 15.5 Å². The Labute approximate surface area is 145 Å². The van der Waals surface area contributed by atoms with Gasteiger partial charge in [-0.2, -0.15) is 14.9 Å². The zero-order valence-corrected chi connectivity index (χ0v) is 14.6. The lowest BCUT2D eigenvalue weighted by Crippen LogP contribution is -2.21. The van der Waals surface area contributed by atoms with E-state index in [0.717, 1.165) is 28.3 Å². The molecule has 3 aromatic rings. The molecule has 8 heteroatoms. The Hall–Kier alpha value is -2.87. The van der Waals surface area contributed by atoms with E-state index in [-0.39, 0.29) is 12.3 Å². The van der Waals surface area contributed by atoms with Gasteiger partial charge >= 0.3 is 5.69 Å². The molecule has 0 fully saturated rings. The minimum absolute atomic E-state index is 0.0726. The Morgan fingerprint density at radius 3 is 2.52 bits per heavy atom. The summed E-state index contributed by atoms with van der Waals surface area (Å²) in [4.78, 5) is 11.9. The summed E-state index contributed by atoms with van der Waals surface area (Å²) < 4.78 is 4.61. The minimum atomic E-state index is -0.178. The lowest BCUT2D eigenvalue weighted by atomic mass is 10.2. The molecule has 0 saturated carbocycles. The molecule has 0 unspecified atom stereocenters. The largest absolute Gasteiger partial charge is 0.394 e. The second-order valence-electron chi connectivity index (χ2n) is 5.93. The summed E-state index contributed by atoms with van der Waals surface area (Å²) in [5.74, 6) is 0. The maximum atomic E-state index is 11.9. The van der Waals surface area contributed by atoms with Crippen molar-refractivity contribution < 1.29 is 5.11 Å². The maximum absolute atomic E-state index is 11.9. The van der Waals surface area contributed by atoms with Crippen LogP contribution in [0.25, 0.3) is 5.69 Å². The third-order valence-electron chi connectivity index (χ3n) is 4.25. The highest BCUT2D eigenvalue weighted by Crippen LogP contribution is 2.17. The van der Waals surface area contributed by atoms with Gasteiger partial charge in [0.1, 0.15) is 6.33 Å². The van der Waals surface area contributed by atoms with Gasteiger partial charge in [-0.3, -0.25) is 9.25 Å². The molecule has 1 aromatic carbocycles. The second kappa shape index (κ2) is 6.94. The van der Waals surface area contributed by atoms with Crippen molar-refractivity contribution in [2.75, 3.05) is 11.9 Å². The van der Waals surface area contributed by atoms with Gasteiger partial charge in [-0.05, 0) is 38.1 Å². The first-order valence-corrected chi connectivity index (χ1v) is 8.10. The van der Waals surface area contributed by atoms with Crippen LogP contribution in [0, 0.1) is 13.8 Å². The predicted octanol–water partition coefficient (Wildman–Crippen LogP) is 0.989. The van der Waals surface area contributed by atoms with E-state index in [1.54, 1.807) is 7.05 Å². The molecule has 25 heavy (non-hydrogen) atoms. The molecule has 0 aliphatic heterocycles. The van der Waals surface area contributed by atoms with Gasteiger partial charge in [-0.1, -0.05) is 0 Å². The van der Waals surface area contributed by atoms with Crippen molar-refractivity contribution in [1.29, 1.82) is 0 Å². The van der Waals surface area contributed by atoms with Gasteiger partial charge in [0, 0.05) is 30.5 Å². The van der Waals surface area contributed by atoms with Crippen LogP contribution in [-0.2, 0) is 20.1 Å². The standard InChI is InChI=1S/C17H22N6O2/c1-12-16(13(2)22(20-12)8-9-24)10-18-14-4-6-15(7-5-14)23-17(25)21(3)11-19-23/h4-7,11,18,24H,8-10H2,1-3H3. The fourth-order valence-electron chi connectivity index (χ4n) is 2.77. The number of anilines is 1. The number of aryl methyl sites for hydroxylation is 2. The number of nitrogens with zero attached hydrogens (tertiary/aromatic N) is 5. The monoisotopic (exact) mass is 342 g/mol. The van der Waals surface area contributed by atoms with Gasteiger partial charge in [0.15, 0.2) is 0 Å². The molecule has 8 nitrogen and oxygen atoms in total. The van der Waals surface area contributed by atoms with Crippen molar-refractivity contribution in [3.8, 4) is 5.69 Å². The molecule has 0 aliphatic carbocycles. The van der Waals surface area contributed by atoms with Gasteiger partial charge in [-0.25, -0.2) is 4.79 Å². The highest BCUT2D eigenvalue weighted by Gasteiger charge is 2.11. The summed E-state index contributed by atoms with van der Waals surface area (Å²) in [6, 6.07) is 7.54. The Morgan fingerprint density at radius 1 is 1.20 bits per heavy atom. The van der Waals surface area contributed by atoms with Gasteiger partial charge in [0.05, 0.1) is 24.5 Å². The van der Waals surface area contributed by atoms with Crippen molar-refractivity contribution in [1.82, 2.24) is 24.1 Å². The summed E-state index contributed by atoms with van der Waals surface area (Å²) in [5.41, 5.74) is 4.62. The van der Waals surface area contributed by atoms with E-state index in [1.165, 1.54) is 15.6 Å². The molecule has 0 aliphatic rings. The number of nitrogens with one attached hydrogen (secondary N) is 1. The zero-order valence-electron chi connectivity index (χ0n) is 14.6. The van der Waals surface area contributed by atoms with Crippen LogP contribution in [0.4, 0.5) is 5.69 Å². The Morgan fingerprint density at radius 2 is 1.92 bits per heavy atom. The molecule has 0 saturated heterocycles. The number of aliphatic hydroxyl groups is 1. The van der Waals surface area contributed by atoms with Crippen LogP contribution in [0.1, 0.15) is 17.0 Å². The van der Waals surface area contributed by atoms with Crippen molar-refractivity contribution in [2.45, 2.75) is 26.9 Å². The molecule has 0 bridgehead atoms. The first kappa shape index (κ1) is 17.0. The van der Waals surface area contributed by atoms with E-state index >= 15 is 0 Å². The van der Waals surface area contributed by atoms with E-state index in [1.807, 2.05) is 42.8 Å². The van der Waals surface area contributed by atoms with E-state index in [4.69, 9.17) is 5.11 Å². The second-order valence-corrected chi connectivity index (χ2v) is 5.93. The predicted molar refractivity (Wildman–Crippen MR) is 94.9 cm³/mol. The molecule has 0 atom stereocenters. The van der Waals surface area contributed by atoms with Crippen molar-refractivity contribution >= 4 is 5.69 Å². The lowest BCUT2D eigenvalue weighted by Gasteiger charge is -2.08. The zero-order chi connectivity index (χ0) is 18.0. The van der Waals surface area contributed by atoms with E-state index < -0.39 is 0 Å². The molecule has 2 aromatic heterocycles. The van der Waals surface area contributed by atoms with Crippen LogP contribution < -0.4 is 11.0 Å². The Balaban J connectivity index is 1.72. The fraction of sp³-hybridized carbons (Fsp3) is 0.353. The van der Waals surface area contributed by atoms with Crippen LogP contribution >= 0.6 is 0 Å². The van der Waals surface area contributed by atoms with E-state index in [9.17, 15) is 4.79 Å². The quantitative estimate of drug-likeness (QED) is 0.697. The first-order chi connectivity index (χ1) is 12.0. The lowest BCUT2D eigenvalue weighted by molar-refractivity contribution is 0.268. The van der Waals surface area contributed by atoms with E-state index in [0.29, 0.717) is 13.1 Å². The van der Waals surface area contributed by atoms with Crippen LogP contribution in [-0.4, -0.2) is 35.8 Å². The molecule has 3 rings (SSSR count). The molecule has 2 heterocycles. The van der Waals surface area contributed by atoms with Crippen molar-refractivity contribution in [2.24, 2.45) is 7.05 Å². The highest BCUT2D eigenvalue weighted by molar-refractivity contribution is 5.49. The number of aliphatic hydroxyl groups excluding tert-OH is 1. The maximum Gasteiger partial charge on any atom is 0.350 e. The summed E-state index contributed by atoms with van der Waals surface area (Å²) in [6.07, 6.45) is 1.49. The van der Waals surface area contributed by atoms with Crippen LogP contribution in [0.5, 0.6) is 0 Å².